The average molecular weight is 443 g/mol. The Morgan fingerprint density at radius 3 is 2.56 bits per heavy atom. The van der Waals surface area contributed by atoms with E-state index >= 15 is 0 Å². The number of piperidine rings is 1. The van der Waals surface area contributed by atoms with E-state index in [1.54, 1.807) is 0 Å². The van der Waals surface area contributed by atoms with Gasteiger partial charge in [0.15, 0.2) is 0 Å². The number of amides is 2. The minimum Gasteiger partial charge on any atom is -0.391 e. The van der Waals surface area contributed by atoms with Gasteiger partial charge in [0.1, 0.15) is 0 Å². The molecule has 3 saturated carbocycles. The van der Waals surface area contributed by atoms with Gasteiger partial charge in [-0.1, -0.05) is 32.3 Å². The molecule has 5 heteroatoms. The molecule has 5 aliphatic rings. The van der Waals surface area contributed by atoms with Crippen LogP contribution in [0.1, 0.15) is 91.4 Å². The lowest BCUT2D eigenvalue weighted by molar-refractivity contribution is -0.139. The molecule has 0 unspecified atom stereocenters. The lowest BCUT2D eigenvalue weighted by atomic mass is 9.48. The predicted octanol–water partition coefficient (Wildman–Crippen LogP) is 4.40. The van der Waals surface area contributed by atoms with Crippen molar-refractivity contribution in [3.05, 3.63) is 11.3 Å². The SMILES string of the molecule is CC1=C2N(C)C(=O)CC[C@]2(C)[C@H]2CC[C@]3(C)[C@@H](C(=O)N[C@@H]4CCCC[C@@H]4O)CC[C@H]3[C@@H]2C1. The molecule has 0 aromatic rings. The Morgan fingerprint density at radius 1 is 1.06 bits per heavy atom. The third-order valence-corrected chi connectivity index (χ3v) is 10.7. The van der Waals surface area contributed by atoms with Crippen molar-refractivity contribution in [1.82, 2.24) is 10.2 Å². The summed E-state index contributed by atoms with van der Waals surface area (Å²) < 4.78 is 0. The van der Waals surface area contributed by atoms with Crippen molar-refractivity contribution >= 4 is 11.8 Å². The second-order valence-corrected chi connectivity index (χ2v) is 12.2. The molecule has 1 aliphatic heterocycles. The number of carbonyl (C=O) groups excluding carboxylic acids is 2. The maximum atomic E-state index is 13.4. The van der Waals surface area contributed by atoms with Gasteiger partial charge in [0.25, 0.3) is 0 Å². The molecule has 1 saturated heterocycles. The van der Waals surface area contributed by atoms with Gasteiger partial charge in [0.05, 0.1) is 12.1 Å². The zero-order valence-corrected chi connectivity index (χ0v) is 20.5. The number of nitrogens with zero attached hydrogens (tertiary/aromatic N) is 1. The number of allylic oxidation sites excluding steroid dienone is 2. The van der Waals surface area contributed by atoms with Crippen molar-refractivity contribution in [2.24, 2.45) is 34.5 Å². The second-order valence-electron chi connectivity index (χ2n) is 12.2. The molecule has 0 bridgehead atoms. The van der Waals surface area contributed by atoms with Crippen molar-refractivity contribution in [3.63, 3.8) is 0 Å². The number of carbonyl (C=O) groups is 2. The quantitative estimate of drug-likeness (QED) is 0.666. The van der Waals surface area contributed by atoms with Crippen molar-refractivity contribution in [1.29, 1.82) is 0 Å². The molecule has 2 N–H and O–H groups in total. The fourth-order valence-corrected chi connectivity index (χ4v) is 9.10. The van der Waals surface area contributed by atoms with Crippen molar-refractivity contribution in [3.8, 4) is 0 Å². The highest BCUT2D eigenvalue weighted by atomic mass is 16.3. The van der Waals surface area contributed by atoms with E-state index in [0.29, 0.717) is 24.2 Å². The molecule has 8 atom stereocenters. The zero-order chi connectivity index (χ0) is 22.8. The van der Waals surface area contributed by atoms with E-state index in [2.05, 4.69) is 26.1 Å². The third-order valence-electron chi connectivity index (χ3n) is 10.7. The zero-order valence-electron chi connectivity index (χ0n) is 20.5. The molecule has 1 heterocycles. The van der Waals surface area contributed by atoms with E-state index in [1.165, 1.54) is 11.3 Å². The standard InChI is InChI=1S/C27H42N2O3/c1-16-15-17-18-9-10-20(25(32)28-21-7-5-6-8-22(21)30)26(18,2)13-11-19(17)27(3)14-12-23(31)29(4)24(16)27/h17-22,30H,5-15H2,1-4H3,(H,28,32)/t17-,18-,19-,20+,21+,22-,26-,27+/m0/s1. The fraction of sp³-hybridized carbons (Fsp3) is 0.852. The Kier molecular flexibility index (Phi) is 5.51. The normalized spacial score (nSPS) is 46.4. The van der Waals surface area contributed by atoms with E-state index in [1.807, 2.05) is 11.9 Å². The van der Waals surface area contributed by atoms with Crippen LogP contribution in [0.15, 0.2) is 11.3 Å². The third kappa shape index (κ3) is 3.20. The molecular formula is C27H42N2O3. The van der Waals surface area contributed by atoms with Crippen LogP contribution < -0.4 is 5.32 Å². The number of likely N-dealkylation sites (tertiary alicyclic amines) is 1. The van der Waals surface area contributed by atoms with Crippen LogP contribution in [-0.2, 0) is 9.59 Å². The monoisotopic (exact) mass is 442 g/mol. The summed E-state index contributed by atoms with van der Waals surface area (Å²) >= 11 is 0. The summed E-state index contributed by atoms with van der Waals surface area (Å²) in [5.41, 5.74) is 2.84. The molecule has 0 aromatic heterocycles. The summed E-state index contributed by atoms with van der Waals surface area (Å²) in [5, 5.41) is 13.6. The Labute approximate surface area is 193 Å². The molecular weight excluding hydrogens is 400 g/mol. The number of rotatable bonds is 2. The minimum atomic E-state index is -0.385. The number of aliphatic hydroxyl groups excluding tert-OH is 1. The van der Waals surface area contributed by atoms with Gasteiger partial charge >= 0.3 is 0 Å². The number of aliphatic hydroxyl groups is 1. The van der Waals surface area contributed by atoms with E-state index in [4.69, 9.17) is 0 Å². The lowest BCUT2D eigenvalue weighted by Crippen LogP contribution is -2.55. The van der Waals surface area contributed by atoms with Crippen molar-refractivity contribution in [2.45, 2.75) is 104 Å². The Hall–Kier alpha value is -1.36. The predicted molar refractivity (Wildman–Crippen MR) is 124 cm³/mol. The summed E-state index contributed by atoms with van der Waals surface area (Å²) in [5.74, 6) is 2.32. The topological polar surface area (TPSA) is 69.6 Å². The highest BCUT2D eigenvalue weighted by molar-refractivity contribution is 5.81. The summed E-state index contributed by atoms with van der Waals surface area (Å²) in [7, 11) is 1.97. The second kappa shape index (κ2) is 7.85. The molecule has 2 amide bonds. The first-order valence-electron chi connectivity index (χ1n) is 13.1. The maximum Gasteiger partial charge on any atom is 0.226 e. The van der Waals surface area contributed by atoms with Crippen LogP contribution in [-0.4, -0.2) is 41.0 Å². The molecule has 32 heavy (non-hydrogen) atoms. The Bertz CT molecular complexity index is 837. The van der Waals surface area contributed by atoms with Gasteiger partial charge in [0.2, 0.25) is 11.8 Å². The van der Waals surface area contributed by atoms with Gasteiger partial charge in [-0.05, 0) is 81.5 Å². The van der Waals surface area contributed by atoms with Gasteiger partial charge in [-0.15, -0.1) is 0 Å². The molecule has 5 nitrogen and oxygen atoms in total. The first-order chi connectivity index (χ1) is 15.2. The van der Waals surface area contributed by atoms with Crippen LogP contribution in [0.25, 0.3) is 0 Å². The van der Waals surface area contributed by atoms with Crippen LogP contribution in [0.5, 0.6) is 0 Å². The number of nitrogens with one attached hydrogen (secondary N) is 1. The van der Waals surface area contributed by atoms with E-state index in [-0.39, 0.29) is 40.7 Å². The van der Waals surface area contributed by atoms with Crippen molar-refractivity contribution < 1.29 is 14.7 Å². The van der Waals surface area contributed by atoms with E-state index < -0.39 is 0 Å². The largest absolute Gasteiger partial charge is 0.391 e. The van der Waals surface area contributed by atoms with Gasteiger partial charge in [0, 0.05) is 30.5 Å². The van der Waals surface area contributed by atoms with Crippen LogP contribution in [0.3, 0.4) is 0 Å². The number of hydrogen-bond donors (Lipinski definition) is 2. The lowest BCUT2D eigenvalue weighted by Gasteiger charge is -2.59. The molecule has 178 valence electrons. The summed E-state index contributed by atoms with van der Waals surface area (Å²) in [4.78, 5) is 27.9. The Balaban J connectivity index is 1.38. The fourth-order valence-electron chi connectivity index (χ4n) is 9.10. The van der Waals surface area contributed by atoms with Crippen LogP contribution in [0.4, 0.5) is 0 Å². The Morgan fingerprint density at radius 2 is 1.81 bits per heavy atom. The molecule has 4 fully saturated rings. The smallest absolute Gasteiger partial charge is 0.226 e. The van der Waals surface area contributed by atoms with Crippen LogP contribution in [0.2, 0.25) is 0 Å². The molecule has 5 rings (SSSR count). The van der Waals surface area contributed by atoms with Crippen LogP contribution >= 0.6 is 0 Å². The molecule has 0 spiro atoms. The van der Waals surface area contributed by atoms with Gasteiger partial charge in [-0.3, -0.25) is 9.59 Å². The average Bonchev–Trinajstić information content (AvgIpc) is 3.10. The molecule has 0 aromatic carbocycles. The van der Waals surface area contributed by atoms with Crippen molar-refractivity contribution in [2.75, 3.05) is 7.05 Å². The van der Waals surface area contributed by atoms with E-state index in [0.717, 1.165) is 64.2 Å². The van der Waals surface area contributed by atoms with Gasteiger partial charge in [-0.2, -0.15) is 0 Å². The van der Waals surface area contributed by atoms with E-state index in [9.17, 15) is 14.7 Å². The number of hydrogen-bond acceptors (Lipinski definition) is 3. The van der Waals surface area contributed by atoms with Crippen LogP contribution in [0, 0.1) is 34.5 Å². The minimum absolute atomic E-state index is 0.0510. The molecule has 0 radical (unpaired) electrons. The summed E-state index contributed by atoms with van der Waals surface area (Å²) in [6.07, 6.45) is 10.6. The maximum absolute atomic E-state index is 13.4. The van der Waals surface area contributed by atoms with Gasteiger partial charge in [-0.25, -0.2) is 0 Å². The summed E-state index contributed by atoms with van der Waals surface area (Å²) in [6.45, 7) is 7.04. The summed E-state index contributed by atoms with van der Waals surface area (Å²) in [6, 6.07) is -0.0631. The number of fused-ring (bicyclic) bond motifs is 5. The highest BCUT2D eigenvalue weighted by Crippen LogP contribution is 2.66. The first-order valence-corrected chi connectivity index (χ1v) is 13.1. The highest BCUT2D eigenvalue weighted by Gasteiger charge is 2.61. The molecule has 4 aliphatic carbocycles. The van der Waals surface area contributed by atoms with Gasteiger partial charge < -0.3 is 15.3 Å². The first kappa shape index (κ1) is 22.4.